The minimum absolute atomic E-state index is 0.0626. The lowest BCUT2D eigenvalue weighted by atomic mass is 10.0. The van der Waals surface area contributed by atoms with Gasteiger partial charge in [0, 0.05) is 12.1 Å². The summed E-state index contributed by atoms with van der Waals surface area (Å²) in [5.41, 5.74) is 0. The van der Waals surface area contributed by atoms with Gasteiger partial charge < -0.3 is 5.32 Å². The molecule has 0 spiro atoms. The Morgan fingerprint density at radius 1 is 1.47 bits per heavy atom. The van der Waals surface area contributed by atoms with Crippen molar-refractivity contribution in [1.29, 1.82) is 5.26 Å². The first kappa shape index (κ1) is 12.3. The Morgan fingerprint density at radius 2 is 2.13 bits per heavy atom. The Bertz CT molecular complexity index is 244. The number of rotatable bonds is 3. The van der Waals surface area contributed by atoms with Crippen LogP contribution in [-0.2, 0) is 0 Å². The van der Waals surface area contributed by atoms with E-state index in [9.17, 15) is 13.2 Å². The van der Waals surface area contributed by atoms with Gasteiger partial charge in [-0.05, 0) is 19.8 Å². The first-order valence-corrected chi connectivity index (χ1v) is 5.15. The molecule has 0 bridgehead atoms. The molecule has 1 aliphatic rings. The van der Waals surface area contributed by atoms with Gasteiger partial charge in [0.25, 0.3) is 0 Å². The fourth-order valence-corrected chi connectivity index (χ4v) is 2.09. The van der Waals surface area contributed by atoms with Gasteiger partial charge in [-0.3, -0.25) is 0 Å². The minimum Gasteiger partial charge on any atom is -0.310 e. The average Bonchev–Trinajstić information content (AvgIpc) is 2.48. The largest absolute Gasteiger partial charge is 0.390 e. The van der Waals surface area contributed by atoms with Crippen LogP contribution in [0, 0.1) is 17.2 Å². The van der Waals surface area contributed by atoms with Gasteiger partial charge >= 0.3 is 6.18 Å². The van der Waals surface area contributed by atoms with Gasteiger partial charge in [-0.1, -0.05) is 6.42 Å². The molecular formula is C10H15F3N2. The predicted molar refractivity (Wildman–Crippen MR) is 50.0 cm³/mol. The third-order valence-corrected chi connectivity index (χ3v) is 2.72. The molecule has 1 rings (SSSR count). The molecule has 0 saturated heterocycles. The van der Waals surface area contributed by atoms with Gasteiger partial charge in [-0.15, -0.1) is 0 Å². The third-order valence-electron chi connectivity index (χ3n) is 2.72. The van der Waals surface area contributed by atoms with E-state index in [0.717, 1.165) is 19.3 Å². The van der Waals surface area contributed by atoms with E-state index in [1.54, 1.807) is 0 Å². The van der Waals surface area contributed by atoms with Crippen molar-refractivity contribution in [2.45, 2.75) is 50.9 Å². The highest BCUT2D eigenvalue weighted by molar-refractivity contribution is 4.97. The van der Waals surface area contributed by atoms with Crippen molar-refractivity contribution in [2.24, 2.45) is 5.92 Å². The molecule has 1 fully saturated rings. The number of alkyl halides is 3. The Kier molecular flexibility index (Phi) is 3.97. The van der Waals surface area contributed by atoms with Gasteiger partial charge in [0.2, 0.25) is 0 Å². The Hall–Kier alpha value is -0.760. The maximum atomic E-state index is 12.1. The van der Waals surface area contributed by atoms with Crippen LogP contribution in [0.3, 0.4) is 0 Å². The topological polar surface area (TPSA) is 35.8 Å². The van der Waals surface area contributed by atoms with Gasteiger partial charge in [0.05, 0.1) is 18.4 Å². The summed E-state index contributed by atoms with van der Waals surface area (Å²) in [6.45, 7) is 1.51. The molecule has 2 nitrogen and oxygen atoms in total. The third kappa shape index (κ3) is 4.08. The van der Waals surface area contributed by atoms with Crippen LogP contribution in [-0.4, -0.2) is 18.3 Å². The molecule has 0 aromatic rings. The summed E-state index contributed by atoms with van der Waals surface area (Å²) in [6, 6.07) is 1.47. The summed E-state index contributed by atoms with van der Waals surface area (Å²) in [5.74, 6) is -0.124. The molecule has 0 aromatic heterocycles. The van der Waals surface area contributed by atoms with E-state index < -0.39 is 18.6 Å². The second-order valence-corrected chi connectivity index (χ2v) is 4.16. The van der Waals surface area contributed by atoms with Crippen molar-refractivity contribution in [3.8, 4) is 6.07 Å². The highest BCUT2D eigenvalue weighted by Crippen LogP contribution is 2.27. The van der Waals surface area contributed by atoms with E-state index in [4.69, 9.17) is 5.26 Å². The monoisotopic (exact) mass is 220 g/mol. The van der Waals surface area contributed by atoms with Crippen molar-refractivity contribution in [1.82, 2.24) is 5.32 Å². The Labute approximate surface area is 87.5 Å². The molecule has 3 unspecified atom stereocenters. The number of hydrogen-bond acceptors (Lipinski definition) is 2. The maximum Gasteiger partial charge on any atom is 0.390 e. The van der Waals surface area contributed by atoms with E-state index in [2.05, 4.69) is 11.4 Å². The lowest BCUT2D eigenvalue weighted by molar-refractivity contribution is -0.139. The second-order valence-electron chi connectivity index (χ2n) is 4.16. The average molecular weight is 220 g/mol. The number of nitrogens with one attached hydrogen (secondary N) is 1. The summed E-state index contributed by atoms with van der Waals surface area (Å²) < 4.78 is 36.2. The molecule has 0 amide bonds. The molecule has 0 radical (unpaired) electrons. The normalized spacial score (nSPS) is 28.7. The van der Waals surface area contributed by atoms with E-state index in [-0.39, 0.29) is 12.0 Å². The molecule has 1 N–H and O–H groups in total. The smallest absolute Gasteiger partial charge is 0.310 e. The molecular weight excluding hydrogens is 205 g/mol. The zero-order valence-electron chi connectivity index (χ0n) is 8.64. The highest BCUT2D eigenvalue weighted by atomic mass is 19.4. The molecule has 15 heavy (non-hydrogen) atoms. The van der Waals surface area contributed by atoms with E-state index >= 15 is 0 Å². The van der Waals surface area contributed by atoms with Crippen molar-refractivity contribution < 1.29 is 13.2 Å². The van der Waals surface area contributed by atoms with E-state index in [1.807, 2.05) is 0 Å². The fourth-order valence-electron chi connectivity index (χ4n) is 2.09. The zero-order valence-corrected chi connectivity index (χ0v) is 8.64. The van der Waals surface area contributed by atoms with Crippen molar-refractivity contribution in [2.75, 3.05) is 0 Å². The molecule has 86 valence electrons. The van der Waals surface area contributed by atoms with Crippen LogP contribution < -0.4 is 5.32 Å². The summed E-state index contributed by atoms with van der Waals surface area (Å²) in [6.07, 6.45) is -2.43. The molecule has 3 atom stereocenters. The van der Waals surface area contributed by atoms with Crippen LogP contribution in [0.4, 0.5) is 13.2 Å². The first-order valence-electron chi connectivity index (χ1n) is 5.15. The van der Waals surface area contributed by atoms with Crippen LogP contribution in [0.15, 0.2) is 0 Å². The quantitative estimate of drug-likeness (QED) is 0.793. The zero-order chi connectivity index (χ0) is 11.5. The van der Waals surface area contributed by atoms with Crippen LogP contribution in [0.2, 0.25) is 0 Å². The number of halogens is 3. The van der Waals surface area contributed by atoms with Crippen LogP contribution in [0.1, 0.15) is 32.6 Å². The maximum absolute atomic E-state index is 12.1. The summed E-state index contributed by atoms with van der Waals surface area (Å²) in [5, 5.41) is 11.7. The van der Waals surface area contributed by atoms with Crippen LogP contribution >= 0.6 is 0 Å². The molecule has 0 aliphatic heterocycles. The van der Waals surface area contributed by atoms with Crippen molar-refractivity contribution in [3.63, 3.8) is 0 Å². The van der Waals surface area contributed by atoms with Gasteiger partial charge in [0.15, 0.2) is 0 Å². The standard InChI is InChI=1S/C10H15F3N2/c1-7(5-10(11,12)13)15-9-4-2-3-8(9)6-14/h7-9,15H,2-5H2,1H3. The van der Waals surface area contributed by atoms with E-state index in [0.29, 0.717) is 0 Å². The van der Waals surface area contributed by atoms with Crippen LogP contribution in [0.25, 0.3) is 0 Å². The van der Waals surface area contributed by atoms with Crippen molar-refractivity contribution in [3.05, 3.63) is 0 Å². The van der Waals surface area contributed by atoms with Crippen molar-refractivity contribution >= 4 is 0 Å². The summed E-state index contributed by atoms with van der Waals surface area (Å²) in [7, 11) is 0. The number of nitriles is 1. The minimum atomic E-state index is -4.13. The molecule has 5 heteroatoms. The van der Waals surface area contributed by atoms with Gasteiger partial charge in [0.1, 0.15) is 0 Å². The number of nitrogens with zero attached hydrogens (tertiary/aromatic N) is 1. The highest BCUT2D eigenvalue weighted by Gasteiger charge is 2.33. The lowest BCUT2D eigenvalue weighted by Gasteiger charge is -2.22. The predicted octanol–water partition coefficient (Wildman–Crippen LogP) is 2.61. The lowest BCUT2D eigenvalue weighted by Crippen LogP contribution is -2.40. The SMILES string of the molecule is CC(CC(F)(F)F)NC1CCCC1C#N. The summed E-state index contributed by atoms with van der Waals surface area (Å²) >= 11 is 0. The Morgan fingerprint density at radius 3 is 2.67 bits per heavy atom. The molecule has 0 aromatic carbocycles. The molecule has 1 saturated carbocycles. The van der Waals surface area contributed by atoms with Crippen LogP contribution in [0.5, 0.6) is 0 Å². The summed E-state index contributed by atoms with van der Waals surface area (Å²) in [4.78, 5) is 0. The van der Waals surface area contributed by atoms with Gasteiger partial charge in [-0.2, -0.15) is 18.4 Å². The second kappa shape index (κ2) is 4.84. The first-order chi connectivity index (χ1) is 6.92. The Balaban J connectivity index is 2.38. The molecule has 0 heterocycles. The number of hydrogen-bond donors (Lipinski definition) is 1. The molecule has 1 aliphatic carbocycles. The van der Waals surface area contributed by atoms with Gasteiger partial charge in [-0.25, -0.2) is 0 Å². The fraction of sp³-hybridized carbons (Fsp3) is 0.900. The van der Waals surface area contributed by atoms with E-state index in [1.165, 1.54) is 6.92 Å².